The van der Waals surface area contributed by atoms with Gasteiger partial charge < -0.3 is 20.3 Å². The lowest BCUT2D eigenvalue weighted by atomic mass is 10.0. The fourth-order valence-corrected chi connectivity index (χ4v) is 7.60. The second-order valence-electron chi connectivity index (χ2n) is 17.6. The highest BCUT2D eigenvalue weighted by Gasteiger charge is 2.24. The second kappa shape index (κ2) is 50.0. The lowest BCUT2D eigenvalue weighted by Gasteiger charge is -2.24. The van der Waals surface area contributed by atoms with Gasteiger partial charge in [-0.25, -0.2) is 0 Å². The van der Waals surface area contributed by atoms with Gasteiger partial charge in [-0.2, -0.15) is 0 Å². The maximum atomic E-state index is 13.2. The number of unbranched alkanes of at least 4 members (excludes halogenated alkanes) is 22. The third kappa shape index (κ3) is 45.4. The molecule has 1 amide bonds. The summed E-state index contributed by atoms with van der Waals surface area (Å²) in [5.41, 5.74) is 0. The Morgan fingerprint density at radius 2 is 0.937 bits per heavy atom. The monoisotopic (exact) mass is 878 g/mol. The van der Waals surface area contributed by atoms with Gasteiger partial charge in [-0.1, -0.05) is 228 Å². The number of carbonyl (C=O) groups excluding carboxylic acids is 2. The van der Waals surface area contributed by atoms with Crippen molar-refractivity contribution in [3.8, 4) is 0 Å². The van der Waals surface area contributed by atoms with Crippen LogP contribution in [0.25, 0.3) is 0 Å². The lowest BCUT2D eigenvalue weighted by Crippen LogP contribution is -2.46. The molecule has 6 heteroatoms. The van der Waals surface area contributed by atoms with Crippen molar-refractivity contribution < 1.29 is 24.5 Å². The Bertz CT molecular complexity index is 1210. The predicted molar refractivity (Wildman–Crippen MR) is 273 cm³/mol. The van der Waals surface area contributed by atoms with Crippen LogP contribution in [0.4, 0.5) is 0 Å². The molecule has 6 nitrogen and oxygen atoms in total. The topological polar surface area (TPSA) is 95.9 Å². The van der Waals surface area contributed by atoms with Crippen LogP contribution in [0.5, 0.6) is 0 Å². The first-order valence-electron chi connectivity index (χ1n) is 26.3. The number of hydrogen-bond acceptors (Lipinski definition) is 5. The van der Waals surface area contributed by atoms with Crippen LogP contribution in [0, 0.1) is 0 Å². The molecule has 0 bridgehead atoms. The standard InChI is InChI=1S/C57H99NO5/c1-4-7-10-13-16-19-22-24-26-28-29-31-34-37-40-43-46-49-55(60)54(52-59)58-56(61)51-53(48-45-42-39-36-33-21-18-15-12-9-6-3)63-57(62)50-47-44-41-38-35-32-30-27-25-23-20-17-14-11-8-5-2/h8-9,11-12,15,17-18,20-21,25,27,32-33,35,53-55,59-60H,4-7,10,13-14,16,19,22-24,26,28-31,34,36-52H2,1-3H3,(H,58,61)/b11-8+,12-9+,18-15+,20-17+,27-25+,33-21-,35-32+. The van der Waals surface area contributed by atoms with Gasteiger partial charge in [0, 0.05) is 6.42 Å². The van der Waals surface area contributed by atoms with Crippen LogP contribution < -0.4 is 5.32 Å². The molecule has 0 aromatic carbocycles. The number of amides is 1. The van der Waals surface area contributed by atoms with E-state index in [-0.39, 0.29) is 24.9 Å². The van der Waals surface area contributed by atoms with Gasteiger partial charge in [-0.05, 0) is 83.5 Å². The van der Waals surface area contributed by atoms with Crippen LogP contribution in [0.15, 0.2) is 85.1 Å². The van der Waals surface area contributed by atoms with E-state index in [1.54, 1.807) is 0 Å². The van der Waals surface area contributed by atoms with Crippen molar-refractivity contribution in [3.63, 3.8) is 0 Å². The Hall–Kier alpha value is -2.96. The molecule has 3 N–H and O–H groups in total. The first kappa shape index (κ1) is 60.0. The Labute approximate surface area is 389 Å². The van der Waals surface area contributed by atoms with E-state index in [0.29, 0.717) is 19.3 Å². The Morgan fingerprint density at radius 3 is 1.48 bits per heavy atom. The van der Waals surface area contributed by atoms with E-state index < -0.39 is 18.2 Å². The van der Waals surface area contributed by atoms with Gasteiger partial charge in [0.2, 0.25) is 5.91 Å². The fourth-order valence-electron chi connectivity index (χ4n) is 7.60. The highest BCUT2D eigenvalue weighted by molar-refractivity contribution is 5.77. The van der Waals surface area contributed by atoms with E-state index in [1.807, 2.05) is 12.2 Å². The third-order valence-electron chi connectivity index (χ3n) is 11.5. The summed E-state index contributed by atoms with van der Waals surface area (Å²) in [5, 5.41) is 23.8. The Morgan fingerprint density at radius 1 is 0.492 bits per heavy atom. The van der Waals surface area contributed by atoms with Crippen LogP contribution in [-0.4, -0.2) is 46.9 Å². The van der Waals surface area contributed by atoms with Crippen LogP contribution in [-0.2, 0) is 14.3 Å². The Kier molecular flexibility index (Phi) is 47.7. The highest BCUT2D eigenvalue weighted by Crippen LogP contribution is 2.17. The average molecular weight is 878 g/mol. The molecule has 3 atom stereocenters. The van der Waals surface area contributed by atoms with E-state index in [1.165, 1.54) is 89.9 Å². The normalized spacial score (nSPS) is 13.9. The molecule has 362 valence electrons. The molecule has 0 aliphatic carbocycles. The fraction of sp³-hybridized carbons (Fsp3) is 0.719. The summed E-state index contributed by atoms with van der Waals surface area (Å²) >= 11 is 0. The summed E-state index contributed by atoms with van der Waals surface area (Å²) in [6, 6.07) is -0.724. The van der Waals surface area contributed by atoms with Gasteiger partial charge in [-0.3, -0.25) is 9.59 Å². The van der Waals surface area contributed by atoms with Gasteiger partial charge in [0.1, 0.15) is 6.10 Å². The number of ether oxygens (including phenoxy) is 1. The molecule has 0 aromatic heterocycles. The Balaban J connectivity index is 4.57. The van der Waals surface area contributed by atoms with E-state index in [0.717, 1.165) is 103 Å². The number of nitrogens with one attached hydrogen (secondary N) is 1. The first-order chi connectivity index (χ1) is 31.0. The van der Waals surface area contributed by atoms with Crippen molar-refractivity contribution in [2.75, 3.05) is 6.61 Å². The average Bonchev–Trinajstić information content (AvgIpc) is 3.28. The molecular weight excluding hydrogens is 779 g/mol. The minimum atomic E-state index is -0.807. The molecule has 0 aliphatic rings. The van der Waals surface area contributed by atoms with E-state index in [9.17, 15) is 19.8 Å². The summed E-state index contributed by atoms with van der Waals surface area (Å²) in [6.07, 6.45) is 65.1. The van der Waals surface area contributed by atoms with Gasteiger partial charge >= 0.3 is 5.97 Å². The molecule has 3 unspecified atom stereocenters. The molecule has 0 aromatic rings. The van der Waals surface area contributed by atoms with Crippen LogP contribution in [0.1, 0.15) is 239 Å². The van der Waals surface area contributed by atoms with E-state index in [2.05, 4.69) is 99.0 Å². The number of aliphatic hydroxyl groups excluding tert-OH is 2. The van der Waals surface area contributed by atoms with Crippen molar-refractivity contribution in [1.29, 1.82) is 0 Å². The molecule has 0 heterocycles. The first-order valence-corrected chi connectivity index (χ1v) is 26.3. The maximum absolute atomic E-state index is 13.2. The molecule has 0 saturated carbocycles. The van der Waals surface area contributed by atoms with Crippen LogP contribution in [0.3, 0.4) is 0 Å². The van der Waals surface area contributed by atoms with Crippen molar-refractivity contribution in [2.24, 2.45) is 0 Å². The lowest BCUT2D eigenvalue weighted by molar-refractivity contribution is -0.151. The number of carbonyl (C=O) groups is 2. The van der Waals surface area contributed by atoms with Crippen LogP contribution in [0.2, 0.25) is 0 Å². The molecule has 0 saturated heterocycles. The molecule has 0 spiro atoms. The largest absolute Gasteiger partial charge is 0.462 e. The predicted octanol–water partition coefficient (Wildman–Crippen LogP) is 16.0. The van der Waals surface area contributed by atoms with Gasteiger partial charge in [-0.15, -0.1) is 0 Å². The molecule has 0 radical (unpaired) electrons. The van der Waals surface area contributed by atoms with Gasteiger partial charge in [0.15, 0.2) is 0 Å². The summed E-state index contributed by atoms with van der Waals surface area (Å²) in [5.74, 6) is -0.550. The summed E-state index contributed by atoms with van der Waals surface area (Å²) in [7, 11) is 0. The number of aliphatic hydroxyl groups is 2. The molecule has 63 heavy (non-hydrogen) atoms. The zero-order chi connectivity index (χ0) is 45.9. The zero-order valence-corrected chi connectivity index (χ0v) is 41.2. The number of esters is 1. The molecule has 0 fully saturated rings. The smallest absolute Gasteiger partial charge is 0.306 e. The summed E-state index contributed by atoms with van der Waals surface area (Å²) in [6.45, 7) is 6.22. The van der Waals surface area contributed by atoms with Crippen molar-refractivity contribution in [2.45, 2.75) is 257 Å². The van der Waals surface area contributed by atoms with Gasteiger partial charge in [0.05, 0.1) is 25.2 Å². The highest BCUT2D eigenvalue weighted by atomic mass is 16.5. The number of rotatable bonds is 46. The van der Waals surface area contributed by atoms with Gasteiger partial charge in [0.25, 0.3) is 0 Å². The minimum absolute atomic E-state index is 0.0376. The molecule has 0 aliphatic heterocycles. The van der Waals surface area contributed by atoms with E-state index >= 15 is 0 Å². The van der Waals surface area contributed by atoms with Crippen molar-refractivity contribution >= 4 is 11.9 Å². The summed E-state index contributed by atoms with van der Waals surface area (Å²) < 4.78 is 5.90. The minimum Gasteiger partial charge on any atom is -0.462 e. The number of allylic oxidation sites excluding steroid dienone is 14. The molecular formula is C57H99NO5. The van der Waals surface area contributed by atoms with Crippen molar-refractivity contribution in [1.82, 2.24) is 5.32 Å². The zero-order valence-electron chi connectivity index (χ0n) is 41.2. The van der Waals surface area contributed by atoms with Crippen LogP contribution >= 0.6 is 0 Å². The summed E-state index contributed by atoms with van der Waals surface area (Å²) in [4.78, 5) is 26.1. The third-order valence-corrected chi connectivity index (χ3v) is 11.5. The van der Waals surface area contributed by atoms with E-state index in [4.69, 9.17) is 4.74 Å². The number of hydrogen-bond donors (Lipinski definition) is 3. The second-order valence-corrected chi connectivity index (χ2v) is 17.6. The molecule has 0 rings (SSSR count). The SMILES string of the molecule is CC/C=C/C=C/C=C\CCCCCC(CC(=O)NC(CO)C(O)CCCCCCCCCCCCCCCCCCC)OC(=O)CCCCC/C=C/C/C=C/C/C=C/C/C=C/CC. The quantitative estimate of drug-likeness (QED) is 0.0245. The maximum Gasteiger partial charge on any atom is 0.306 e. The van der Waals surface area contributed by atoms with Crippen molar-refractivity contribution in [3.05, 3.63) is 85.1 Å².